The van der Waals surface area contributed by atoms with Gasteiger partial charge in [-0.05, 0) is 38.9 Å². The van der Waals surface area contributed by atoms with Gasteiger partial charge < -0.3 is 20.1 Å². The van der Waals surface area contributed by atoms with Crippen LogP contribution in [0.3, 0.4) is 0 Å². The molecular formula is C17H28N2O2. The predicted molar refractivity (Wildman–Crippen MR) is 85.9 cm³/mol. The van der Waals surface area contributed by atoms with E-state index >= 15 is 0 Å². The molecule has 1 aliphatic heterocycles. The zero-order chi connectivity index (χ0) is 14.9. The SMILES string of the molecule is CCOc1cccc(CNCCN2CCCCCC2)c1O. The molecule has 21 heavy (non-hydrogen) atoms. The lowest BCUT2D eigenvalue weighted by atomic mass is 10.2. The predicted octanol–water partition coefficient (Wildman–Crippen LogP) is 2.76. The molecule has 4 heteroatoms. The van der Waals surface area contributed by atoms with Gasteiger partial charge in [-0.25, -0.2) is 0 Å². The van der Waals surface area contributed by atoms with Crippen LogP contribution in [0.25, 0.3) is 0 Å². The fourth-order valence-corrected chi connectivity index (χ4v) is 2.80. The van der Waals surface area contributed by atoms with Crippen LogP contribution in [0.2, 0.25) is 0 Å². The first-order valence-corrected chi connectivity index (χ1v) is 8.18. The summed E-state index contributed by atoms with van der Waals surface area (Å²) in [6.45, 7) is 7.68. The zero-order valence-electron chi connectivity index (χ0n) is 13.1. The van der Waals surface area contributed by atoms with Gasteiger partial charge in [0, 0.05) is 25.2 Å². The van der Waals surface area contributed by atoms with Crippen molar-refractivity contribution in [2.75, 3.05) is 32.8 Å². The molecule has 1 aromatic rings. The number of ether oxygens (including phenoxy) is 1. The Balaban J connectivity index is 1.74. The summed E-state index contributed by atoms with van der Waals surface area (Å²) >= 11 is 0. The minimum Gasteiger partial charge on any atom is -0.504 e. The zero-order valence-corrected chi connectivity index (χ0v) is 13.1. The molecule has 0 bridgehead atoms. The molecule has 2 N–H and O–H groups in total. The van der Waals surface area contributed by atoms with E-state index in [9.17, 15) is 5.11 Å². The Morgan fingerprint density at radius 1 is 1.19 bits per heavy atom. The van der Waals surface area contributed by atoms with E-state index in [2.05, 4.69) is 10.2 Å². The lowest BCUT2D eigenvalue weighted by molar-refractivity contribution is 0.283. The van der Waals surface area contributed by atoms with Crippen molar-refractivity contribution in [1.29, 1.82) is 0 Å². The van der Waals surface area contributed by atoms with Crippen molar-refractivity contribution >= 4 is 0 Å². The van der Waals surface area contributed by atoms with Crippen molar-refractivity contribution in [1.82, 2.24) is 10.2 Å². The normalized spacial score (nSPS) is 16.6. The molecule has 1 aliphatic rings. The second-order valence-corrected chi connectivity index (χ2v) is 5.63. The molecule has 1 fully saturated rings. The Labute approximate surface area is 128 Å². The number of hydrogen-bond donors (Lipinski definition) is 2. The highest BCUT2D eigenvalue weighted by molar-refractivity contribution is 5.45. The second-order valence-electron chi connectivity index (χ2n) is 5.63. The Kier molecular flexibility index (Phi) is 6.83. The molecule has 1 saturated heterocycles. The molecule has 2 rings (SSSR count). The number of nitrogens with zero attached hydrogens (tertiary/aromatic N) is 1. The quantitative estimate of drug-likeness (QED) is 0.759. The van der Waals surface area contributed by atoms with Gasteiger partial charge in [0.25, 0.3) is 0 Å². The lowest BCUT2D eigenvalue weighted by Gasteiger charge is -2.20. The van der Waals surface area contributed by atoms with Crippen LogP contribution < -0.4 is 10.1 Å². The van der Waals surface area contributed by atoms with Gasteiger partial charge in [0.05, 0.1) is 6.61 Å². The third kappa shape index (κ3) is 5.21. The van der Waals surface area contributed by atoms with E-state index in [1.165, 1.54) is 38.8 Å². The molecular weight excluding hydrogens is 264 g/mol. The van der Waals surface area contributed by atoms with Crippen LogP contribution in [0.1, 0.15) is 38.2 Å². The molecule has 0 spiro atoms. The number of para-hydroxylation sites is 1. The summed E-state index contributed by atoms with van der Waals surface area (Å²) in [6, 6.07) is 5.67. The maximum atomic E-state index is 10.1. The topological polar surface area (TPSA) is 44.7 Å². The fourth-order valence-electron chi connectivity index (χ4n) is 2.80. The standard InChI is InChI=1S/C17H28N2O2/c1-2-21-16-9-7-8-15(17(16)20)14-18-10-13-19-11-5-3-4-6-12-19/h7-9,18,20H,2-6,10-14H2,1H3. The maximum absolute atomic E-state index is 10.1. The van der Waals surface area contributed by atoms with Crippen LogP contribution in [-0.4, -0.2) is 42.8 Å². The van der Waals surface area contributed by atoms with Gasteiger partial charge in [-0.15, -0.1) is 0 Å². The number of aromatic hydroxyl groups is 1. The molecule has 0 aliphatic carbocycles. The van der Waals surface area contributed by atoms with E-state index in [1.807, 2.05) is 19.1 Å². The number of nitrogens with one attached hydrogen (secondary N) is 1. The minimum atomic E-state index is 0.265. The number of rotatable bonds is 7. The summed E-state index contributed by atoms with van der Waals surface area (Å²) in [7, 11) is 0. The van der Waals surface area contributed by atoms with Crippen molar-refractivity contribution in [3.8, 4) is 11.5 Å². The Morgan fingerprint density at radius 2 is 1.95 bits per heavy atom. The van der Waals surface area contributed by atoms with Gasteiger partial charge in [-0.2, -0.15) is 0 Å². The minimum absolute atomic E-state index is 0.265. The van der Waals surface area contributed by atoms with Gasteiger partial charge in [-0.3, -0.25) is 0 Å². The number of hydrogen-bond acceptors (Lipinski definition) is 4. The van der Waals surface area contributed by atoms with E-state index in [4.69, 9.17) is 4.74 Å². The van der Waals surface area contributed by atoms with E-state index in [1.54, 1.807) is 6.07 Å². The van der Waals surface area contributed by atoms with Gasteiger partial charge in [0.1, 0.15) is 0 Å². The summed E-state index contributed by atoms with van der Waals surface area (Å²) < 4.78 is 5.41. The molecule has 0 atom stereocenters. The highest BCUT2D eigenvalue weighted by atomic mass is 16.5. The van der Waals surface area contributed by atoms with Crippen molar-refractivity contribution in [2.24, 2.45) is 0 Å². The first kappa shape index (κ1) is 16.1. The van der Waals surface area contributed by atoms with Gasteiger partial charge in [0.15, 0.2) is 11.5 Å². The molecule has 4 nitrogen and oxygen atoms in total. The van der Waals surface area contributed by atoms with Crippen LogP contribution in [0.5, 0.6) is 11.5 Å². The van der Waals surface area contributed by atoms with E-state index in [-0.39, 0.29) is 5.75 Å². The molecule has 1 aromatic carbocycles. The second kappa shape index (κ2) is 8.90. The molecule has 0 amide bonds. The summed E-state index contributed by atoms with van der Waals surface area (Å²) in [4.78, 5) is 2.54. The van der Waals surface area contributed by atoms with Crippen LogP contribution in [0.4, 0.5) is 0 Å². The average molecular weight is 292 g/mol. The van der Waals surface area contributed by atoms with Crippen LogP contribution in [0, 0.1) is 0 Å². The third-order valence-corrected chi connectivity index (χ3v) is 4.00. The largest absolute Gasteiger partial charge is 0.504 e. The summed E-state index contributed by atoms with van der Waals surface area (Å²) in [5.74, 6) is 0.839. The highest BCUT2D eigenvalue weighted by Crippen LogP contribution is 2.29. The summed E-state index contributed by atoms with van der Waals surface area (Å²) in [6.07, 6.45) is 5.42. The lowest BCUT2D eigenvalue weighted by Crippen LogP contribution is -2.32. The first-order valence-electron chi connectivity index (χ1n) is 8.18. The molecule has 118 valence electrons. The average Bonchev–Trinajstić information content (AvgIpc) is 2.76. The van der Waals surface area contributed by atoms with Crippen molar-refractivity contribution in [3.05, 3.63) is 23.8 Å². The van der Waals surface area contributed by atoms with Crippen molar-refractivity contribution in [3.63, 3.8) is 0 Å². The monoisotopic (exact) mass is 292 g/mol. The number of benzene rings is 1. The van der Waals surface area contributed by atoms with Crippen LogP contribution in [0.15, 0.2) is 18.2 Å². The molecule has 1 heterocycles. The van der Waals surface area contributed by atoms with E-state index in [0.717, 1.165) is 18.7 Å². The Morgan fingerprint density at radius 3 is 2.67 bits per heavy atom. The smallest absolute Gasteiger partial charge is 0.162 e. The number of likely N-dealkylation sites (tertiary alicyclic amines) is 1. The van der Waals surface area contributed by atoms with Crippen molar-refractivity contribution in [2.45, 2.75) is 39.2 Å². The van der Waals surface area contributed by atoms with E-state index in [0.29, 0.717) is 18.9 Å². The fraction of sp³-hybridized carbons (Fsp3) is 0.647. The number of phenolic OH excluding ortho intramolecular Hbond substituents is 1. The molecule has 0 saturated carbocycles. The van der Waals surface area contributed by atoms with Gasteiger partial charge >= 0.3 is 0 Å². The van der Waals surface area contributed by atoms with Crippen LogP contribution >= 0.6 is 0 Å². The van der Waals surface area contributed by atoms with Crippen LogP contribution in [-0.2, 0) is 6.54 Å². The molecule has 0 radical (unpaired) electrons. The van der Waals surface area contributed by atoms with Crippen molar-refractivity contribution < 1.29 is 9.84 Å². The Hall–Kier alpha value is -1.26. The summed E-state index contributed by atoms with van der Waals surface area (Å²) in [5, 5.41) is 13.6. The Bertz CT molecular complexity index is 415. The first-order chi connectivity index (χ1) is 10.3. The maximum Gasteiger partial charge on any atom is 0.162 e. The van der Waals surface area contributed by atoms with Gasteiger partial charge in [0.2, 0.25) is 0 Å². The third-order valence-electron chi connectivity index (χ3n) is 4.00. The summed E-state index contributed by atoms with van der Waals surface area (Å²) in [5.41, 5.74) is 0.900. The highest BCUT2D eigenvalue weighted by Gasteiger charge is 2.09. The van der Waals surface area contributed by atoms with Gasteiger partial charge in [-0.1, -0.05) is 25.0 Å². The molecule has 0 aromatic heterocycles. The molecule has 0 unspecified atom stereocenters. The van der Waals surface area contributed by atoms with E-state index < -0.39 is 0 Å². The number of phenols is 1.